The Hall–Kier alpha value is -3.80. The molecule has 1 heterocycles. The predicted molar refractivity (Wildman–Crippen MR) is 153 cm³/mol. The predicted octanol–water partition coefficient (Wildman–Crippen LogP) is 7.73. The molecular formula is C33H36FNO4. The van der Waals surface area contributed by atoms with Gasteiger partial charge >= 0.3 is 5.97 Å². The van der Waals surface area contributed by atoms with Gasteiger partial charge in [0.15, 0.2) is 0 Å². The molecule has 0 saturated carbocycles. The summed E-state index contributed by atoms with van der Waals surface area (Å²) in [4.78, 5) is 13.4. The maximum atomic E-state index is 15.0. The smallest absolute Gasteiger partial charge is 0.305 e. The minimum Gasteiger partial charge on any atom is -0.497 e. The fourth-order valence-corrected chi connectivity index (χ4v) is 5.93. The van der Waals surface area contributed by atoms with Crippen LogP contribution in [0.1, 0.15) is 57.1 Å². The summed E-state index contributed by atoms with van der Waals surface area (Å²) in [6.45, 7) is 5.73. The normalized spacial score (nSPS) is 18.2. The minimum absolute atomic E-state index is 0.00647. The number of carboxylic acid groups (broad SMARTS) is 1. The van der Waals surface area contributed by atoms with Gasteiger partial charge in [0.05, 0.1) is 13.5 Å². The first kappa shape index (κ1) is 26.8. The number of benzene rings is 3. The molecule has 1 atom stereocenters. The molecule has 2 aliphatic rings. The summed E-state index contributed by atoms with van der Waals surface area (Å²) >= 11 is 0. The van der Waals surface area contributed by atoms with E-state index in [4.69, 9.17) is 9.47 Å². The van der Waals surface area contributed by atoms with Gasteiger partial charge in [-0.05, 0) is 102 Å². The third-order valence-corrected chi connectivity index (χ3v) is 8.05. The highest BCUT2D eigenvalue weighted by Crippen LogP contribution is 2.47. The van der Waals surface area contributed by atoms with E-state index in [0.717, 1.165) is 60.4 Å². The van der Waals surface area contributed by atoms with Crippen molar-refractivity contribution in [2.45, 2.75) is 58.6 Å². The first-order valence-corrected chi connectivity index (χ1v) is 13.6. The Kier molecular flexibility index (Phi) is 7.65. The van der Waals surface area contributed by atoms with Crippen LogP contribution in [0.3, 0.4) is 0 Å². The fraction of sp³-hybridized carbons (Fsp3) is 0.364. The highest BCUT2D eigenvalue weighted by Gasteiger charge is 2.30. The van der Waals surface area contributed by atoms with E-state index in [1.54, 1.807) is 19.2 Å². The van der Waals surface area contributed by atoms with Crippen LogP contribution in [0.25, 0.3) is 16.7 Å². The molecule has 0 aromatic heterocycles. The molecule has 1 fully saturated rings. The van der Waals surface area contributed by atoms with Crippen LogP contribution in [0.2, 0.25) is 0 Å². The van der Waals surface area contributed by atoms with Crippen molar-refractivity contribution in [3.8, 4) is 22.6 Å². The van der Waals surface area contributed by atoms with Gasteiger partial charge in [-0.15, -0.1) is 0 Å². The number of rotatable bonds is 9. The van der Waals surface area contributed by atoms with E-state index in [0.29, 0.717) is 17.9 Å². The van der Waals surface area contributed by atoms with Crippen LogP contribution in [-0.4, -0.2) is 30.8 Å². The van der Waals surface area contributed by atoms with E-state index in [1.165, 1.54) is 11.6 Å². The van der Waals surface area contributed by atoms with Gasteiger partial charge in [-0.1, -0.05) is 32.1 Å². The van der Waals surface area contributed by atoms with Gasteiger partial charge in [-0.3, -0.25) is 4.79 Å². The molecule has 3 aromatic rings. The Balaban J connectivity index is 1.38. The van der Waals surface area contributed by atoms with E-state index in [9.17, 15) is 9.90 Å². The third-order valence-electron chi connectivity index (χ3n) is 8.05. The Labute approximate surface area is 229 Å². The maximum absolute atomic E-state index is 15.0. The van der Waals surface area contributed by atoms with Crippen molar-refractivity contribution in [2.24, 2.45) is 5.41 Å². The Morgan fingerprint density at radius 2 is 1.79 bits per heavy atom. The van der Waals surface area contributed by atoms with Crippen LogP contribution in [0, 0.1) is 11.2 Å². The van der Waals surface area contributed by atoms with Gasteiger partial charge in [0.1, 0.15) is 23.9 Å². The molecule has 1 aliphatic heterocycles. The molecular weight excluding hydrogens is 493 g/mol. The SMILES string of the molecule is COc1ccc(F)c(-c2ccc(COc3ccc(N4CCCC4CC(=O)O)cc3)cc2C2=CCCC2(C)C)c1. The zero-order chi connectivity index (χ0) is 27.6. The lowest BCUT2D eigenvalue weighted by Crippen LogP contribution is -2.31. The van der Waals surface area contributed by atoms with Gasteiger partial charge in [0.25, 0.3) is 0 Å². The van der Waals surface area contributed by atoms with E-state index in [2.05, 4.69) is 30.9 Å². The van der Waals surface area contributed by atoms with Gasteiger partial charge in [0.2, 0.25) is 0 Å². The van der Waals surface area contributed by atoms with Crippen molar-refractivity contribution in [2.75, 3.05) is 18.6 Å². The Bertz CT molecular complexity index is 1380. The highest BCUT2D eigenvalue weighted by atomic mass is 19.1. The molecule has 1 N–H and O–H groups in total. The van der Waals surface area contributed by atoms with Gasteiger partial charge in [-0.2, -0.15) is 0 Å². The molecule has 39 heavy (non-hydrogen) atoms. The minimum atomic E-state index is -0.761. The van der Waals surface area contributed by atoms with Crippen molar-refractivity contribution >= 4 is 17.2 Å². The molecule has 204 valence electrons. The van der Waals surface area contributed by atoms with Gasteiger partial charge in [-0.25, -0.2) is 4.39 Å². The number of carboxylic acids is 1. The number of anilines is 1. The second-order valence-corrected chi connectivity index (χ2v) is 11.1. The Morgan fingerprint density at radius 3 is 2.49 bits per heavy atom. The molecule has 1 aliphatic carbocycles. The largest absolute Gasteiger partial charge is 0.497 e. The number of hydrogen-bond donors (Lipinski definition) is 1. The number of aliphatic carboxylic acids is 1. The molecule has 6 heteroatoms. The molecule has 0 spiro atoms. The lowest BCUT2D eigenvalue weighted by Gasteiger charge is -2.26. The van der Waals surface area contributed by atoms with E-state index >= 15 is 4.39 Å². The van der Waals surface area contributed by atoms with E-state index in [1.807, 2.05) is 36.4 Å². The molecule has 5 rings (SSSR count). The van der Waals surface area contributed by atoms with Crippen molar-refractivity contribution in [1.29, 1.82) is 0 Å². The van der Waals surface area contributed by atoms with E-state index in [-0.39, 0.29) is 23.7 Å². The average molecular weight is 530 g/mol. The van der Waals surface area contributed by atoms with Crippen LogP contribution in [0.4, 0.5) is 10.1 Å². The number of hydrogen-bond acceptors (Lipinski definition) is 4. The molecule has 1 unspecified atom stereocenters. The molecule has 1 saturated heterocycles. The quantitative estimate of drug-likeness (QED) is 0.307. The lowest BCUT2D eigenvalue weighted by molar-refractivity contribution is -0.137. The standard InChI is InChI=1S/C33H36FNO4/c1-33(2)16-4-7-30(33)28-18-22(8-14-27(28)29-20-26(38-3)13-15-31(29)34)21-39-25-11-9-23(10-12-25)35-17-5-6-24(35)19-32(36)37/h7-15,18,20,24H,4-6,16-17,19,21H2,1-3H3,(H,36,37). The summed E-state index contributed by atoms with van der Waals surface area (Å²) in [5, 5.41) is 9.22. The number of carbonyl (C=O) groups is 1. The maximum Gasteiger partial charge on any atom is 0.305 e. The number of nitrogens with zero attached hydrogens (tertiary/aromatic N) is 1. The summed E-state index contributed by atoms with van der Waals surface area (Å²) in [5.41, 5.74) is 5.65. The van der Waals surface area contributed by atoms with Crippen molar-refractivity contribution in [3.63, 3.8) is 0 Å². The highest BCUT2D eigenvalue weighted by molar-refractivity contribution is 5.85. The van der Waals surface area contributed by atoms with Crippen LogP contribution in [0.5, 0.6) is 11.5 Å². The van der Waals surface area contributed by atoms with E-state index < -0.39 is 5.97 Å². The van der Waals surface area contributed by atoms with Gasteiger partial charge in [0, 0.05) is 23.8 Å². The first-order valence-electron chi connectivity index (χ1n) is 13.6. The number of halogens is 1. The topological polar surface area (TPSA) is 59.0 Å². The number of allylic oxidation sites excluding steroid dienone is 2. The molecule has 5 nitrogen and oxygen atoms in total. The third kappa shape index (κ3) is 5.80. The van der Waals surface area contributed by atoms with Crippen molar-refractivity contribution in [1.82, 2.24) is 0 Å². The summed E-state index contributed by atoms with van der Waals surface area (Å²) in [6, 6.07) is 18.9. The lowest BCUT2D eigenvalue weighted by atomic mass is 9.79. The summed E-state index contributed by atoms with van der Waals surface area (Å²) in [6.07, 6.45) is 6.39. The first-order chi connectivity index (χ1) is 18.7. The van der Waals surface area contributed by atoms with Crippen molar-refractivity contribution < 1.29 is 23.8 Å². The zero-order valence-corrected chi connectivity index (χ0v) is 22.9. The van der Waals surface area contributed by atoms with Crippen LogP contribution >= 0.6 is 0 Å². The van der Waals surface area contributed by atoms with Crippen LogP contribution in [0.15, 0.2) is 66.7 Å². The number of ether oxygens (including phenoxy) is 2. The fourth-order valence-electron chi connectivity index (χ4n) is 5.93. The Morgan fingerprint density at radius 1 is 1.03 bits per heavy atom. The van der Waals surface area contributed by atoms with Crippen LogP contribution in [-0.2, 0) is 11.4 Å². The number of methoxy groups -OCH3 is 1. The second-order valence-electron chi connectivity index (χ2n) is 11.1. The second kappa shape index (κ2) is 11.1. The van der Waals surface area contributed by atoms with Crippen LogP contribution < -0.4 is 14.4 Å². The van der Waals surface area contributed by atoms with Crippen molar-refractivity contribution in [3.05, 3.63) is 83.7 Å². The molecule has 0 bridgehead atoms. The molecule has 0 radical (unpaired) electrons. The summed E-state index contributed by atoms with van der Waals surface area (Å²) in [5.74, 6) is 0.331. The monoisotopic (exact) mass is 529 g/mol. The summed E-state index contributed by atoms with van der Waals surface area (Å²) in [7, 11) is 1.59. The van der Waals surface area contributed by atoms with Gasteiger partial charge < -0.3 is 19.5 Å². The summed E-state index contributed by atoms with van der Waals surface area (Å²) < 4.78 is 26.6. The molecule has 3 aromatic carbocycles. The zero-order valence-electron chi connectivity index (χ0n) is 22.9. The average Bonchev–Trinajstić information content (AvgIpc) is 3.53. The molecule has 0 amide bonds.